The number of nitrogens with zero attached hydrogens (tertiary/aromatic N) is 1. The lowest BCUT2D eigenvalue weighted by Gasteiger charge is -2.16. The molecule has 1 aliphatic heterocycles. The molecule has 3 rings (SSSR count). The summed E-state index contributed by atoms with van der Waals surface area (Å²) < 4.78 is 0. The van der Waals surface area contributed by atoms with Crippen LogP contribution in [0, 0.1) is 5.92 Å². The molecular formula is C19H19N3O3. The van der Waals surface area contributed by atoms with Crippen LogP contribution in [0.3, 0.4) is 0 Å². The van der Waals surface area contributed by atoms with Gasteiger partial charge in [-0.15, -0.1) is 0 Å². The summed E-state index contributed by atoms with van der Waals surface area (Å²) in [7, 11) is 0. The van der Waals surface area contributed by atoms with E-state index in [0.717, 1.165) is 5.56 Å². The minimum absolute atomic E-state index is 0.0570. The van der Waals surface area contributed by atoms with E-state index in [1.807, 2.05) is 30.3 Å². The van der Waals surface area contributed by atoms with E-state index in [4.69, 9.17) is 0 Å². The third-order valence-electron chi connectivity index (χ3n) is 4.14. The van der Waals surface area contributed by atoms with Gasteiger partial charge in [0.2, 0.25) is 11.8 Å². The summed E-state index contributed by atoms with van der Waals surface area (Å²) >= 11 is 0. The zero-order valence-corrected chi connectivity index (χ0v) is 13.6. The molecule has 0 saturated carbocycles. The fourth-order valence-electron chi connectivity index (χ4n) is 2.79. The number of nitrogens with one attached hydrogen (secondary N) is 2. The SMILES string of the molecule is O=C(NNC(=O)[C@H]1CC(=O)N(Cc2ccccc2)C1)c1ccccc1. The van der Waals surface area contributed by atoms with Crippen LogP contribution in [-0.4, -0.2) is 29.2 Å². The molecule has 0 bridgehead atoms. The van der Waals surface area contributed by atoms with Gasteiger partial charge in [0, 0.05) is 25.1 Å². The zero-order chi connectivity index (χ0) is 17.6. The second kappa shape index (κ2) is 7.61. The molecule has 2 aromatic rings. The topological polar surface area (TPSA) is 78.5 Å². The fraction of sp³-hybridized carbons (Fsp3) is 0.211. The molecule has 0 radical (unpaired) electrons. The molecule has 1 heterocycles. The molecule has 6 heteroatoms. The molecule has 0 unspecified atom stereocenters. The number of likely N-dealkylation sites (tertiary alicyclic amines) is 1. The number of carbonyl (C=O) groups is 3. The molecule has 128 valence electrons. The maximum absolute atomic E-state index is 12.2. The van der Waals surface area contributed by atoms with Crippen molar-refractivity contribution >= 4 is 17.7 Å². The Morgan fingerprint density at radius 3 is 2.28 bits per heavy atom. The number of benzene rings is 2. The Labute approximate surface area is 145 Å². The lowest BCUT2D eigenvalue weighted by Crippen LogP contribution is -2.45. The summed E-state index contributed by atoms with van der Waals surface area (Å²) in [6.07, 6.45) is 0.153. The van der Waals surface area contributed by atoms with E-state index in [1.165, 1.54) is 0 Å². The van der Waals surface area contributed by atoms with Gasteiger partial charge in [0.1, 0.15) is 0 Å². The Morgan fingerprint density at radius 2 is 1.60 bits per heavy atom. The zero-order valence-electron chi connectivity index (χ0n) is 13.6. The van der Waals surface area contributed by atoms with Gasteiger partial charge >= 0.3 is 0 Å². The minimum atomic E-state index is -0.465. The van der Waals surface area contributed by atoms with Crippen molar-refractivity contribution in [2.75, 3.05) is 6.54 Å². The van der Waals surface area contributed by atoms with Crippen molar-refractivity contribution in [2.45, 2.75) is 13.0 Å². The van der Waals surface area contributed by atoms with Crippen molar-refractivity contribution in [1.29, 1.82) is 0 Å². The van der Waals surface area contributed by atoms with Gasteiger partial charge in [0.25, 0.3) is 5.91 Å². The number of amides is 3. The van der Waals surface area contributed by atoms with Gasteiger partial charge in [0.05, 0.1) is 5.92 Å². The summed E-state index contributed by atoms with van der Waals surface area (Å²) in [6.45, 7) is 0.834. The summed E-state index contributed by atoms with van der Waals surface area (Å²) in [5.74, 6) is -1.27. The molecule has 6 nitrogen and oxygen atoms in total. The predicted octanol–water partition coefficient (Wildman–Crippen LogP) is 1.50. The van der Waals surface area contributed by atoms with E-state index in [1.54, 1.807) is 35.2 Å². The predicted molar refractivity (Wildman–Crippen MR) is 92.0 cm³/mol. The molecule has 0 aliphatic carbocycles. The Hall–Kier alpha value is -3.15. The Morgan fingerprint density at radius 1 is 0.960 bits per heavy atom. The van der Waals surface area contributed by atoms with E-state index in [0.29, 0.717) is 18.7 Å². The van der Waals surface area contributed by atoms with Gasteiger partial charge < -0.3 is 4.90 Å². The third kappa shape index (κ3) is 4.23. The van der Waals surface area contributed by atoms with Crippen LogP contribution in [0.5, 0.6) is 0 Å². The molecule has 2 aromatic carbocycles. The number of rotatable bonds is 4. The van der Waals surface area contributed by atoms with E-state index >= 15 is 0 Å². The summed E-state index contributed by atoms with van der Waals surface area (Å²) in [6, 6.07) is 18.2. The first-order valence-corrected chi connectivity index (χ1v) is 8.10. The van der Waals surface area contributed by atoms with Crippen molar-refractivity contribution < 1.29 is 14.4 Å². The van der Waals surface area contributed by atoms with Crippen LogP contribution >= 0.6 is 0 Å². The molecule has 25 heavy (non-hydrogen) atoms. The second-order valence-electron chi connectivity index (χ2n) is 5.97. The quantitative estimate of drug-likeness (QED) is 0.830. The molecule has 1 aliphatic rings. The second-order valence-corrected chi connectivity index (χ2v) is 5.97. The van der Waals surface area contributed by atoms with Crippen molar-refractivity contribution in [3.8, 4) is 0 Å². The maximum atomic E-state index is 12.2. The first-order chi connectivity index (χ1) is 12.1. The Kier molecular flexibility index (Phi) is 5.09. The monoisotopic (exact) mass is 337 g/mol. The molecule has 3 amide bonds. The van der Waals surface area contributed by atoms with Crippen LogP contribution < -0.4 is 10.9 Å². The normalized spacial score (nSPS) is 16.6. The lowest BCUT2D eigenvalue weighted by atomic mass is 10.1. The third-order valence-corrected chi connectivity index (χ3v) is 4.14. The number of hydrazine groups is 1. The Balaban J connectivity index is 1.51. The van der Waals surface area contributed by atoms with E-state index in [-0.39, 0.29) is 24.1 Å². The van der Waals surface area contributed by atoms with Crippen LogP contribution in [0.25, 0.3) is 0 Å². The van der Waals surface area contributed by atoms with Crippen molar-refractivity contribution in [3.05, 3.63) is 71.8 Å². The molecule has 2 N–H and O–H groups in total. The van der Waals surface area contributed by atoms with Crippen molar-refractivity contribution in [2.24, 2.45) is 5.92 Å². The lowest BCUT2D eigenvalue weighted by molar-refractivity contribution is -0.129. The molecule has 1 atom stereocenters. The van der Waals surface area contributed by atoms with E-state index in [2.05, 4.69) is 10.9 Å². The minimum Gasteiger partial charge on any atom is -0.338 e. The van der Waals surface area contributed by atoms with Crippen LogP contribution in [0.4, 0.5) is 0 Å². The summed E-state index contributed by atoms with van der Waals surface area (Å²) in [5, 5.41) is 0. The van der Waals surface area contributed by atoms with Gasteiger partial charge in [0.15, 0.2) is 0 Å². The Bertz CT molecular complexity index is 762. The van der Waals surface area contributed by atoms with Crippen molar-refractivity contribution in [1.82, 2.24) is 15.8 Å². The van der Waals surface area contributed by atoms with Gasteiger partial charge in [-0.05, 0) is 17.7 Å². The first kappa shape index (κ1) is 16.7. The van der Waals surface area contributed by atoms with Crippen LogP contribution in [0.1, 0.15) is 22.3 Å². The van der Waals surface area contributed by atoms with Crippen LogP contribution in [0.15, 0.2) is 60.7 Å². The molecule has 0 spiro atoms. The van der Waals surface area contributed by atoms with Crippen LogP contribution in [-0.2, 0) is 16.1 Å². The fourth-order valence-corrected chi connectivity index (χ4v) is 2.79. The highest BCUT2D eigenvalue weighted by atomic mass is 16.2. The number of hydrogen-bond donors (Lipinski definition) is 2. The van der Waals surface area contributed by atoms with Crippen LogP contribution in [0.2, 0.25) is 0 Å². The van der Waals surface area contributed by atoms with Gasteiger partial charge in [-0.2, -0.15) is 0 Å². The van der Waals surface area contributed by atoms with Gasteiger partial charge in [-0.25, -0.2) is 0 Å². The van der Waals surface area contributed by atoms with Crippen molar-refractivity contribution in [3.63, 3.8) is 0 Å². The van der Waals surface area contributed by atoms with Gasteiger partial charge in [-0.1, -0.05) is 48.5 Å². The largest absolute Gasteiger partial charge is 0.338 e. The van der Waals surface area contributed by atoms with E-state index in [9.17, 15) is 14.4 Å². The average molecular weight is 337 g/mol. The average Bonchev–Trinajstić information content (AvgIpc) is 3.01. The summed E-state index contributed by atoms with van der Waals surface area (Å²) in [5.41, 5.74) is 6.27. The highest BCUT2D eigenvalue weighted by molar-refractivity contribution is 5.96. The number of carbonyl (C=O) groups excluding carboxylic acids is 3. The summed E-state index contributed by atoms with van der Waals surface area (Å²) in [4.78, 5) is 37.9. The highest BCUT2D eigenvalue weighted by Crippen LogP contribution is 2.20. The smallest absolute Gasteiger partial charge is 0.269 e. The standard InChI is InChI=1S/C19H19N3O3/c23-17-11-16(13-22(17)12-14-7-3-1-4-8-14)19(25)21-20-18(24)15-9-5-2-6-10-15/h1-10,16H,11-13H2,(H,20,24)(H,21,25)/t16-/m0/s1. The highest BCUT2D eigenvalue weighted by Gasteiger charge is 2.34. The molecule has 0 aromatic heterocycles. The molecular weight excluding hydrogens is 318 g/mol. The number of hydrogen-bond acceptors (Lipinski definition) is 3. The molecule has 1 fully saturated rings. The maximum Gasteiger partial charge on any atom is 0.269 e. The first-order valence-electron chi connectivity index (χ1n) is 8.10. The van der Waals surface area contributed by atoms with E-state index < -0.39 is 5.92 Å². The molecule has 1 saturated heterocycles. The van der Waals surface area contributed by atoms with Gasteiger partial charge in [-0.3, -0.25) is 25.2 Å².